The fourth-order valence-corrected chi connectivity index (χ4v) is 1.27. The Kier molecular flexibility index (Phi) is 4.46. The smallest absolute Gasteiger partial charge is 0.373 e. The maximum atomic E-state index is 11.3. The van der Waals surface area contributed by atoms with Gasteiger partial charge in [-0.15, -0.1) is 0 Å². The lowest BCUT2D eigenvalue weighted by atomic mass is 10.1. The molecule has 1 rings (SSSR count). The zero-order valence-electron chi connectivity index (χ0n) is 10.0. The molecule has 90 valence electrons. The second-order valence-corrected chi connectivity index (χ2v) is 3.38. The molecule has 1 aromatic rings. The number of esters is 1. The Morgan fingerprint density at radius 1 is 1.06 bits per heavy atom. The number of benzene rings is 1. The van der Waals surface area contributed by atoms with Gasteiger partial charge in [-0.3, -0.25) is 4.79 Å². The van der Waals surface area contributed by atoms with Crippen LogP contribution in [0.3, 0.4) is 0 Å². The molecule has 0 saturated heterocycles. The van der Waals surface area contributed by atoms with Crippen molar-refractivity contribution in [2.75, 3.05) is 14.2 Å². The van der Waals surface area contributed by atoms with Crippen LogP contribution in [0.1, 0.15) is 22.8 Å². The molecule has 0 radical (unpaired) electrons. The van der Waals surface area contributed by atoms with E-state index in [1.807, 2.05) is 0 Å². The molecule has 0 amide bonds. The molecule has 0 aliphatic heterocycles. The lowest BCUT2D eigenvalue weighted by Crippen LogP contribution is -2.06. The second kappa shape index (κ2) is 5.84. The van der Waals surface area contributed by atoms with E-state index in [1.165, 1.54) is 21.1 Å². The Balaban J connectivity index is 2.97. The topological polar surface area (TPSA) is 52.6 Å². The molecule has 17 heavy (non-hydrogen) atoms. The normalized spacial score (nSPS) is 10.9. The van der Waals surface area contributed by atoms with Crippen molar-refractivity contribution >= 4 is 17.8 Å². The summed E-state index contributed by atoms with van der Waals surface area (Å²) in [6, 6.07) is 6.86. The Morgan fingerprint density at radius 2 is 1.65 bits per heavy atom. The molecule has 0 unspecified atom stereocenters. The summed E-state index contributed by atoms with van der Waals surface area (Å²) in [4.78, 5) is 22.3. The highest BCUT2D eigenvalue weighted by Crippen LogP contribution is 2.11. The zero-order valence-corrected chi connectivity index (χ0v) is 10.0. The molecule has 4 heteroatoms. The van der Waals surface area contributed by atoms with E-state index in [1.54, 1.807) is 30.3 Å². The van der Waals surface area contributed by atoms with Gasteiger partial charge in [0.1, 0.15) is 0 Å². The van der Waals surface area contributed by atoms with Gasteiger partial charge in [-0.2, -0.15) is 0 Å². The van der Waals surface area contributed by atoms with Crippen molar-refractivity contribution in [3.63, 3.8) is 0 Å². The van der Waals surface area contributed by atoms with E-state index in [9.17, 15) is 9.59 Å². The summed E-state index contributed by atoms with van der Waals surface area (Å²) in [6.07, 6.45) is 1.55. The standard InChI is InChI=1S/C13H14O4/c1-9(14)11-6-4-10(5-7-11)8-12(16-2)13(15)17-3/h4-8H,1-3H3/b12-8-. The van der Waals surface area contributed by atoms with Crippen molar-refractivity contribution in [2.24, 2.45) is 0 Å². The fraction of sp³-hybridized carbons (Fsp3) is 0.231. The summed E-state index contributed by atoms with van der Waals surface area (Å²) in [5.74, 6) is -0.424. The number of carbonyl (C=O) groups excluding carboxylic acids is 2. The van der Waals surface area contributed by atoms with Gasteiger partial charge in [0.25, 0.3) is 0 Å². The SMILES string of the molecule is COC(=O)/C(=C/c1ccc(C(C)=O)cc1)OC. The van der Waals surface area contributed by atoms with E-state index in [0.29, 0.717) is 5.56 Å². The van der Waals surface area contributed by atoms with Crippen LogP contribution in [-0.2, 0) is 14.3 Å². The minimum absolute atomic E-state index is 0.000428. The van der Waals surface area contributed by atoms with E-state index < -0.39 is 5.97 Å². The van der Waals surface area contributed by atoms with E-state index >= 15 is 0 Å². The molecule has 0 aromatic heterocycles. The number of rotatable bonds is 4. The van der Waals surface area contributed by atoms with Crippen LogP contribution in [0.15, 0.2) is 30.0 Å². The highest BCUT2D eigenvalue weighted by molar-refractivity contribution is 5.94. The van der Waals surface area contributed by atoms with Crippen LogP contribution in [-0.4, -0.2) is 26.0 Å². The first-order chi connectivity index (χ1) is 8.08. The van der Waals surface area contributed by atoms with Crippen LogP contribution in [0.2, 0.25) is 0 Å². The monoisotopic (exact) mass is 234 g/mol. The molecule has 0 spiro atoms. The summed E-state index contributed by atoms with van der Waals surface area (Å²) < 4.78 is 9.46. The molecule has 0 bridgehead atoms. The van der Waals surface area contributed by atoms with Crippen LogP contribution >= 0.6 is 0 Å². The predicted octanol–water partition coefficient (Wildman–Crippen LogP) is 2.05. The number of methoxy groups -OCH3 is 2. The van der Waals surface area contributed by atoms with Gasteiger partial charge in [0.2, 0.25) is 5.76 Å². The molecule has 0 aliphatic rings. The van der Waals surface area contributed by atoms with Gasteiger partial charge in [0, 0.05) is 5.56 Å². The van der Waals surface area contributed by atoms with Gasteiger partial charge < -0.3 is 9.47 Å². The number of hydrogen-bond donors (Lipinski definition) is 0. The van der Waals surface area contributed by atoms with Crippen molar-refractivity contribution < 1.29 is 19.1 Å². The summed E-state index contributed by atoms with van der Waals surface area (Å²) >= 11 is 0. The number of ketones is 1. The highest BCUT2D eigenvalue weighted by atomic mass is 16.6. The van der Waals surface area contributed by atoms with Gasteiger partial charge in [-0.25, -0.2) is 4.79 Å². The minimum atomic E-state index is -0.539. The third-order valence-corrected chi connectivity index (χ3v) is 2.22. The third-order valence-electron chi connectivity index (χ3n) is 2.22. The van der Waals surface area contributed by atoms with E-state index in [-0.39, 0.29) is 11.5 Å². The first kappa shape index (κ1) is 13.0. The molecule has 1 aromatic carbocycles. The Bertz CT molecular complexity index is 443. The molecule has 4 nitrogen and oxygen atoms in total. The van der Waals surface area contributed by atoms with Crippen LogP contribution in [0.25, 0.3) is 6.08 Å². The summed E-state index contributed by atoms with van der Waals surface area (Å²) in [7, 11) is 2.68. The van der Waals surface area contributed by atoms with Crippen molar-refractivity contribution in [3.05, 3.63) is 41.2 Å². The lowest BCUT2D eigenvalue weighted by molar-refractivity contribution is -0.139. The van der Waals surface area contributed by atoms with Gasteiger partial charge in [-0.1, -0.05) is 24.3 Å². The van der Waals surface area contributed by atoms with Crippen LogP contribution in [0, 0.1) is 0 Å². The summed E-state index contributed by atoms with van der Waals surface area (Å²) in [6.45, 7) is 1.50. The molecule has 0 saturated carbocycles. The zero-order chi connectivity index (χ0) is 12.8. The molecule has 0 atom stereocenters. The van der Waals surface area contributed by atoms with Crippen LogP contribution in [0.4, 0.5) is 0 Å². The summed E-state index contributed by atoms with van der Waals surface area (Å²) in [5, 5.41) is 0. The fourth-order valence-electron chi connectivity index (χ4n) is 1.27. The van der Waals surface area contributed by atoms with E-state index in [4.69, 9.17) is 4.74 Å². The maximum absolute atomic E-state index is 11.3. The minimum Gasteiger partial charge on any atom is -0.490 e. The third kappa shape index (κ3) is 3.45. The highest BCUT2D eigenvalue weighted by Gasteiger charge is 2.09. The Hall–Kier alpha value is -2.10. The molecule has 0 heterocycles. The average molecular weight is 234 g/mol. The quantitative estimate of drug-likeness (QED) is 0.346. The van der Waals surface area contributed by atoms with Crippen molar-refractivity contribution in [3.8, 4) is 0 Å². The average Bonchev–Trinajstić information content (AvgIpc) is 2.35. The number of hydrogen-bond acceptors (Lipinski definition) is 4. The number of ether oxygens (including phenoxy) is 2. The lowest BCUT2D eigenvalue weighted by Gasteiger charge is -2.03. The molecule has 0 aliphatic carbocycles. The van der Waals surface area contributed by atoms with Crippen LogP contribution in [0.5, 0.6) is 0 Å². The van der Waals surface area contributed by atoms with Crippen molar-refractivity contribution in [1.29, 1.82) is 0 Å². The number of carbonyl (C=O) groups is 2. The van der Waals surface area contributed by atoms with Gasteiger partial charge in [0.15, 0.2) is 5.78 Å². The first-order valence-corrected chi connectivity index (χ1v) is 5.03. The summed E-state index contributed by atoms with van der Waals surface area (Å²) in [5.41, 5.74) is 1.39. The van der Waals surface area contributed by atoms with E-state index in [0.717, 1.165) is 5.56 Å². The predicted molar refractivity (Wildman–Crippen MR) is 63.4 cm³/mol. The van der Waals surface area contributed by atoms with Crippen molar-refractivity contribution in [2.45, 2.75) is 6.92 Å². The number of Topliss-reactive ketones (excluding diaryl/α,β-unsaturated/α-hetero) is 1. The first-order valence-electron chi connectivity index (χ1n) is 5.03. The molecule has 0 N–H and O–H groups in total. The molecular weight excluding hydrogens is 220 g/mol. The Labute approximate surface area is 99.8 Å². The maximum Gasteiger partial charge on any atom is 0.373 e. The molecule has 0 fully saturated rings. The van der Waals surface area contributed by atoms with E-state index in [2.05, 4.69) is 4.74 Å². The van der Waals surface area contributed by atoms with Gasteiger partial charge >= 0.3 is 5.97 Å². The molecular formula is C13H14O4. The Morgan fingerprint density at radius 3 is 2.06 bits per heavy atom. The second-order valence-electron chi connectivity index (χ2n) is 3.38. The van der Waals surface area contributed by atoms with Gasteiger partial charge in [0.05, 0.1) is 14.2 Å². The largest absolute Gasteiger partial charge is 0.490 e. The van der Waals surface area contributed by atoms with Gasteiger partial charge in [-0.05, 0) is 18.6 Å². The van der Waals surface area contributed by atoms with Crippen LogP contribution < -0.4 is 0 Å². The van der Waals surface area contributed by atoms with Crippen molar-refractivity contribution in [1.82, 2.24) is 0 Å².